The Balaban J connectivity index is 1.49. The van der Waals surface area contributed by atoms with Crippen molar-refractivity contribution < 1.29 is 9.53 Å². The first-order valence-corrected chi connectivity index (χ1v) is 9.20. The minimum absolute atomic E-state index is 0.0744. The molecule has 0 saturated heterocycles. The first-order valence-electron chi connectivity index (χ1n) is 9.20. The first-order chi connectivity index (χ1) is 13.7. The Morgan fingerprint density at radius 1 is 1.04 bits per heavy atom. The third kappa shape index (κ3) is 5.30. The Morgan fingerprint density at radius 3 is 2.36 bits per heavy atom. The number of anilines is 1. The van der Waals surface area contributed by atoms with Crippen molar-refractivity contribution in [3.63, 3.8) is 0 Å². The summed E-state index contributed by atoms with van der Waals surface area (Å²) in [5.74, 6) is 1.13. The van der Waals surface area contributed by atoms with Crippen LogP contribution in [0.1, 0.15) is 34.5 Å². The number of aromatic nitrogens is 2. The fourth-order valence-electron chi connectivity index (χ4n) is 2.75. The summed E-state index contributed by atoms with van der Waals surface area (Å²) >= 11 is 0. The van der Waals surface area contributed by atoms with Crippen molar-refractivity contribution in [2.24, 2.45) is 0 Å². The van der Waals surface area contributed by atoms with E-state index in [-0.39, 0.29) is 11.9 Å². The number of rotatable bonds is 8. The number of carbonyl (C=O) groups excluding carboxylic acids is 1. The van der Waals surface area contributed by atoms with Crippen molar-refractivity contribution in [1.29, 1.82) is 0 Å². The summed E-state index contributed by atoms with van der Waals surface area (Å²) in [6, 6.07) is 17.9. The van der Waals surface area contributed by atoms with Gasteiger partial charge in [-0.15, -0.1) is 0 Å². The number of benzene rings is 2. The summed E-state index contributed by atoms with van der Waals surface area (Å²) in [6.45, 7) is 2.58. The molecule has 1 atom stereocenters. The molecule has 2 aromatic carbocycles. The molecule has 6 heteroatoms. The highest BCUT2D eigenvalue weighted by Crippen LogP contribution is 2.16. The van der Waals surface area contributed by atoms with Crippen LogP contribution in [0.25, 0.3) is 0 Å². The summed E-state index contributed by atoms with van der Waals surface area (Å²) < 4.78 is 5.14. The van der Waals surface area contributed by atoms with Gasteiger partial charge in [0.2, 0.25) is 5.95 Å². The van der Waals surface area contributed by atoms with E-state index in [2.05, 4.69) is 20.6 Å². The summed E-state index contributed by atoms with van der Waals surface area (Å²) in [6.07, 6.45) is 3.82. The van der Waals surface area contributed by atoms with E-state index in [1.165, 1.54) is 12.4 Å². The van der Waals surface area contributed by atoms with Crippen LogP contribution in [0.15, 0.2) is 67.0 Å². The smallest absolute Gasteiger partial charge is 0.254 e. The second-order valence-corrected chi connectivity index (χ2v) is 6.43. The summed E-state index contributed by atoms with van der Waals surface area (Å²) in [5.41, 5.74) is 2.71. The second kappa shape index (κ2) is 9.50. The molecule has 1 heterocycles. The quantitative estimate of drug-likeness (QED) is 0.628. The van der Waals surface area contributed by atoms with E-state index in [1.54, 1.807) is 7.11 Å². The first kappa shape index (κ1) is 19.4. The van der Waals surface area contributed by atoms with Crippen LogP contribution in [0, 0.1) is 0 Å². The maximum Gasteiger partial charge on any atom is 0.254 e. The Morgan fingerprint density at radius 2 is 1.71 bits per heavy atom. The Bertz CT molecular complexity index is 881. The van der Waals surface area contributed by atoms with Gasteiger partial charge in [-0.05, 0) is 36.6 Å². The van der Waals surface area contributed by atoms with Crippen LogP contribution in [0.3, 0.4) is 0 Å². The molecule has 0 fully saturated rings. The van der Waals surface area contributed by atoms with E-state index in [0.717, 1.165) is 23.3 Å². The molecule has 0 aliphatic heterocycles. The molecule has 0 radical (unpaired) electrons. The number of hydrogen-bond donors (Lipinski definition) is 2. The maximum atomic E-state index is 12.3. The fourth-order valence-corrected chi connectivity index (χ4v) is 2.75. The van der Waals surface area contributed by atoms with Crippen molar-refractivity contribution in [3.8, 4) is 5.75 Å². The lowest BCUT2D eigenvalue weighted by Gasteiger charge is -2.14. The average molecular weight is 376 g/mol. The Hall–Kier alpha value is -3.41. The fraction of sp³-hybridized carbons (Fsp3) is 0.227. The lowest BCUT2D eigenvalue weighted by atomic mass is 10.1. The van der Waals surface area contributed by atoms with E-state index in [4.69, 9.17) is 4.74 Å². The number of ether oxygens (including phenoxy) is 1. The van der Waals surface area contributed by atoms with E-state index >= 15 is 0 Å². The van der Waals surface area contributed by atoms with Crippen molar-refractivity contribution in [3.05, 3.63) is 83.7 Å². The third-order valence-electron chi connectivity index (χ3n) is 4.42. The Labute approximate surface area is 165 Å². The van der Waals surface area contributed by atoms with Crippen LogP contribution in [-0.2, 0) is 6.42 Å². The monoisotopic (exact) mass is 376 g/mol. The van der Waals surface area contributed by atoms with Crippen LogP contribution < -0.4 is 15.4 Å². The molecule has 3 rings (SSSR count). The van der Waals surface area contributed by atoms with Gasteiger partial charge >= 0.3 is 0 Å². The van der Waals surface area contributed by atoms with Gasteiger partial charge in [0.1, 0.15) is 5.75 Å². The van der Waals surface area contributed by atoms with Gasteiger partial charge < -0.3 is 15.4 Å². The molecule has 0 bridgehead atoms. The molecule has 0 spiro atoms. The zero-order valence-electron chi connectivity index (χ0n) is 16.1. The van der Waals surface area contributed by atoms with Crippen molar-refractivity contribution in [1.82, 2.24) is 15.3 Å². The molecule has 0 aliphatic carbocycles. The zero-order valence-corrected chi connectivity index (χ0v) is 16.1. The molecule has 6 nitrogen and oxygen atoms in total. The minimum atomic E-state index is -0.184. The minimum Gasteiger partial charge on any atom is -0.497 e. The summed E-state index contributed by atoms with van der Waals surface area (Å²) in [7, 11) is 1.64. The zero-order chi connectivity index (χ0) is 19.8. The van der Waals surface area contributed by atoms with Gasteiger partial charge in [-0.3, -0.25) is 4.79 Å². The number of amides is 1. The lowest BCUT2D eigenvalue weighted by Crippen LogP contribution is -2.26. The highest BCUT2D eigenvalue weighted by atomic mass is 16.5. The van der Waals surface area contributed by atoms with Gasteiger partial charge in [0.05, 0.1) is 18.7 Å². The number of nitrogens with one attached hydrogen (secondary N) is 2. The molecule has 3 aromatic rings. The molecule has 1 amide bonds. The Kier molecular flexibility index (Phi) is 6.57. The molecule has 0 aliphatic rings. The normalized spacial score (nSPS) is 11.5. The van der Waals surface area contributed by atoms with Crippen molar-refractivity contribution in [2.45, 2.75) is 19.4 Å². The number of carbonyl (C=O) groups is 1. The summed E-state index contributed by atoms with van der Waals surface area (Å²) in [4.78, 5) is 20.8. The van der Waals surface area contributed by atoms with Gasteiger partial charge in [-0.25, -0.2) is 9.97 Å². The van der Waals surface area contributed by atoms with Crippen LogP contribution in [0.2, 0.25) is 0 Å². The summed E-state index contributed by atoms with van der Waals surface area (Å²) in [5, 5.41) is 6.13. The van der Waals surface area contributed by atoms with Crippen LogP contribution in [0.4, 0.5) is 5.95 Å². The third-order valence-corrected chi connectivity index (χ3v) is 4.42. The van der Waals surface area contributed by atoms with Gasteiger partial charge in [-0.2, -0.15) is 0 Å². The second-order valence-electron chi connectivity index (χ2n) is 6.43. The predicted octanol–water partition coefficient (Wildman–Crippen LogP) is 3.63. The largest absolute Gasteiger partial charge is 0.497 e. The van der Waals surface area contributed by atoms with E-state index in [1.807, 2.05) is 61.5 Å². The van der Waals surface area contributed by atoms with E-state index < -0.39 is 0 Å². The number of methoxy groups -OCH3 is 1. The van der Waals surface area contributed by atoms with Crippen molar-refractivity contribution >= 4 is 11.9 Å². The van der Waals surface area contributed by atoms with Gasteiger partial charge in [-0.1, -0.05) is 42.5 Å². The van der Waals surface area contributed by atoms with Gasteiger partial charge in [0.15, 0.2) is 0 Å². The van der Waals surface area contributed by atoms with E-state index in [9.17, 15) is 4.79 Å². The predicted molar refractivity (Wildman–Crippen MR) is 110 cm³/mol. The molecule has 28 heavy (non-hydrogen) atoms. The maximum absolute atomic E-state index is 12.3. The van der Waals surface area contributed by atoms with Crippen LogP contribution in [-0.4, -0.2) is 29.5 Å². The van der Waals surface area contributed by atoms with Gasteiger partial charge in [0, 0.05) is 18.9 Å². The van der Waals surface area contributed by atoms with Crippen LogP contribution >= 0.6 is 0 Å². The highest BCUT2D eigenvalue weighted by Gasteiger charge is 2.09. The van der Waals surface area contributed by atoms with Crippen molar-refractivity contribution in [2.75, 3.05) is 19.0 Å². The molecule has 144 valence electrons. The molecule has 1 aromatic heterocycles. The van der Waals surface area contributed by atoms with E-state index in [0.29, 0.717) is 18.1 Å². The SMILES string of the molecule is COc1ccc(CCNC(=O)c2cnc(NC(C)c3ccccc3)nc2)cc1. The standard InChI is InChI=1S/C22H24N4O2/c1-16(18-6-4-3-5-7-18)26-22-24-14-19(15-25-22)21(27)23-13-12-17-8-10-20(28-2)11-9-17/h3-11,14-16H,12-13H2,1-2H3,(H,23,27)(H,24,25,26). The topological polar surface area (TPSA) is 76.1 Å². The average Bonchev–Trinajstić information content (AvgIpc) is 2.75. The molecular weight excluding hydrogens is 352 g/mol. The highest BCUT2D eigenvalue weighted by molar-refractivity contribution is 5.93. The molecule has 1 unspecified atom stereocenters. The lowest BCUT2D eigenvalue weighted by molar-refractivity contribution is 0.0953. The van der Waals surface area contributed by atoms with Gasteiger partial charge in [0.25, 0.3) is 5.91 Å². The molecule has 0 saturated carbocycles. The van der Waals surface area contributed by atoms with Crippen LogP contribution in [0.5, 0.6) is 5.75 Å². The number of hydrogen-bond acceptors (Lipinski definition) is 5. The molecule has 2 N–H and O–H groups in total. The molecular formula is C22H24N4O2. The number of nitrogens with zero attached hydrogens (tertiary/aromatic N) is 2.